The standard InChI is InChI=1S/C10H18O5S/c1-3-7(9(11)12)10(13)6-4-5-8(10)16(2,14)15/h7-8,13H,3-6H2,1-2H3,(H,11,12). The molecule has 0 radical (unpaired) electrons. The Labute approximate surface area is 95.4 Å². The van der Waals surface area contributed by atoms with Crippen LogP contribution in [0.1, 0.15) is 32.6 Å². The summed E-state index contributed by atoms with van der Waals surface area (Å²) in [7, 11) is -3.41. The fourth-order valence-electron chi connectivity index (χ4n) is 2.71. The summed E-state index contributed by atoms with van der Waals surface area (Å²) in [6, 6.07) is 0. The van der Waals surface area contributed by atoms with Gasteiger partial charge in [-0.05, 0) is 25.7 Å². The SMILES string of the molecule is CCC(C(=O)O)C1(O)CCCC1S(C)(=O)=O. The van der Waals surface area contributed by atoms with E-state index in [0.29, 0.717) is 12.8 Å². The molecular formula is C10H18O5S. The maximum atomic E-state index is 11.5. The normalized spacial score (nSPS) is 32.6. The smallest absolute Gasteiger partial charge is 0.309 e. The number of carboxylic acid groups (broad SMARTS) is 1. The van der Waals surface area contributed by atoms with E-state index < -0.39 is 32.6 Å². The number of hydrogen-bond donors (Lipinski definition) is 2. The first kappa shape index (κ1) is 13.4. The molecule has 0 aromatic heterocycles. The summed E-state index contributed by atoms with van der Waals surface area (Å²) in [5.74, 6) is -2.13. The van der Waals surface area contributed by atoms with Gasteiger partial charge in [0.1, 0.15) is 0 Å². The summed E-state index contributed by atoms with van der Waals surface area (Å²) in [6.45, 7) is 1.65. The van der Waals surface area contributed by atoms with Gasteiger partial charge in [-0.3, -0.25) is 4.79 Å². The Bertz CT molecular complexity index is 375. The van der Waals surface area contributed by atoms with Crippen LogP contribution in [0.5, 0.6) is 0 Å². The lowest BCUT2D eigenvalue weighted by Crippen LogP contribution is -2.50. The van der Waals surface area contributed by atoms with E-state index in [0.717, 1.165) is 6.26 Å². The van der Waals surface area contributed by atoms with E-state index in [4.69, 9.17) is 5.11 Å². The van der Waals surface area contributed by atoms with Gasteiger partial charge in [-0.15, -0.1) is 0 Å². The molecule has 6 heteroatoms. The summed E-state index contributed by atoms with van der Waals surface area (Å²) < 4.78 is 23.1. The number of hydrogen-bond acceptors (Lipinski definition) is 4. The molecule has 3 atom stereocenters. The number of rotatable bonds is 4. The molecule has 0 aromatic carbocycles. The van der Waals surface area contributed by atoms with Crippen LogP contribution >= 0.6 is 0 Å². The zero-order chi connectivity index (χ0) is 12.6. The molecule has 0 heterocycles. The minimum Gasteiger partial charge on any atom is -0.481 e. The van der Waals surface area contributed by atoms with Crippen LogP contribution in [0.25, 0.3) is 0 Å². The van der Waals surface area contributed by atoms with E-state index in [1.807, 2.05) is 0 Å². The lowest BCUT2D eigenvalue weighted by molar-refractivity contribution is -0.151. The predicted octanol–water partition coefficient (Wildman–Crippen LogP) is 0.425. The first-order chi connectivity index (χ1) is 7.23. The third-order valence-electron chi connectivity index (χ3n) is 3.43. The largest absolute Gasteiger partial charge is 0.481 e. The maximum Gasteiger partial charge on any atom is 0.309 e. The summed E-state index contributed by atoms with van der Waals surface area (Å²) in [5.41, 5.74) is -1.60. The molecule has 1 aliphatic rings. The molecule has 94 valence electrons. The highest BCUT2D eigenvalue weighted by Crippen LogP contribution is 2.41. The van der Waals surface area contributed by atoms with Gasteiger partial charge in [-0.1, -0.05) is 6.92 Å². The highest BCUT2D eigenvalue weighted by molar-refractivity contribution is 7.91. The van der Waals surface area contributed by atoms with Crippen LogP contribution in [0.4, 0.5) is 0 Å². The van der Waals surface area contributed by atoms with Crippen molar-refractivity contribution in [2.45, 2.75) is 43.5 Å². The van der Waals surface area contributed by atoms with E-state index in [9.17, 15) is 18.3 Å². The van der Waals surface area contributed by atoms with Gasteiger partial charge in [0.15, 0.2) is 9.84 Å². The van der Waals surface area contributed by atoms with Crippen molar-refractivity contribution < 1.29 is 23.4 Å². The van der Waals surface area contributed by atoms with Crippen LogP contribution in [0, 0.1) is 5.92 Å². The molecule has 0 aromatic rings. The van der Waals surface area contributed by atoms with Crippen molar-refractivity contribution in [3.05, 3.63) is 0 Å². The van der Waals surface area contributed by atoms with Crippen molar-refractivity contribution in [2.24, 2.45) is 5.92 Å². The van der Waals surface area contributed by atoms with Crippen molar-refractivity contribution in [1.82, 2.24) is 0 Å². The van der Waals surface area contributed by atoms with Crippen molar-refractivity contribution >= 4 is 15.8 Å². The molecule has 0 bridgehead atoms. The molecule has 1 aliphatic carbocycles. The van der Waals surface area contributed by atoms with Gasteiger partial charge in [0.25, 0.3) is 0 Å². The van der Waals surface area contributed by atoms with Crippen molar-refractivity contribution in [3.63, 3.8) is 0 Å². The van der Waals surface area contributed by atoms with Crippen molar-refractivity contribution in [2.75, 3.05) is 6.26 Å². The highest BCUT2D eigenvalue weighted by atomic mass is 32.2. The minimum absolute atomic E-state index is 0.234. The summed E-state index contributed by atoms with van der Waals surface area (Å²) in [5, 5.41) is 18.4. The van der Waals surface area contributed by atoms with Gasteiger partial charge in [0.05, 0.1) is 16.8 Å². The molecule has 0 aliphatic heterocycles. The van der Waals surface area contributed by atoms with Crippen LogP contribution in [-0.2, 0) is 14.6 Å². The van der Waals surface area contributed by atoms with Crippen LogP contribution in [0.15, 0.2) is 0 Å². The summed E-state index contributed by atoms with van der Waals surface area (Å²) >= 11 is 0. The van der Waals surface area contributed by atoms with Crippen LogP contribution < -0.4 is 0 Å². The van der Waals surface area contributed by atoms with Gasteiger partial charge in [-0.2, -0.15) is 0 Å². The zero-order valence-electron chi connectivity index (χ0n) is 9.51. The second-order valence-electron chi connectivity index (χ2n) is 4.50. The van der Waals surface area contributed by atoms with Gasteiger partial charge in [-0.25, -0.2) is 8.42 Å². The average Bonchev–Trinajstić information content (AvgIpc) is 2.47. The fourth-order valence-corrected chi connectivity index (χ4v) is 4.33. The van der Waals surface area contributed by atoms with Crippen molar-refractivity contribution in [3.8, 4) is 0 Å². The van der Waals surface area contributed by atoms with E-state index in [2.05, 4.69) is 0 Å². The van der Waals surface area contributed by atoms with E-state index in [-0.39, 0.29) is 12.8 Å². The molecule has 1 saturated carbocycles. The summed E-state index contributed by atoms with van der Waals surface area (Å²) in [4.78, 5) is 11.0. The number of aliphatic carboxylic acids is 1. The monoisotopic (exact) mass is 250 g/mol. The summed E-state index contributed by atoms with van der Waals surface area (Å²) in [6.07, 6.45) is 2.44. The maximum absolute atomic E-state index is 11.5. The average molecular weight is 250 g/mol. The van der Waals surface area contributed by atoms with Crippen molar-refractivity contribution in [1.29, 1.82) is 0 Å². The second-order valence-corrected chi connectivity index (χ2v) is 6.73. The van der Waals surface area contributed by atoms with Crippen LogP contribution in [0.3, 0.4) is 0 Å². The number of aliphatic hydroxyl groups is 1. The lowest BCUT2D eigenvalue weighted by Gasteiger charge is -2.33. The first-order valence-electron chi connectivity index (χ1n) is 5.37. The quantitative estimate of drug-likeness (QED) is 0.754. The topological polar surface area (TPSA) is 91.7 Å². The minimum atomic E-state index is -3.41. The van der Waals surface area contributed by atoms with E-state index in [1.165, 1.54) is 0 Å². The third-order valence-corrected chi connectivity index (χ3v) is 5.11. The lowest BCUT2D eigenvalue weighted by atomic mass is 9.83. The number of carboxylic acids is 1. The fraction of sp³-hybridized carbons (Fsp3) is 0.900. The Balaban J connectivity index is 3.11. The van der Waals surface area contributed by atoms with Crippen LogP contribution in [0.2, 0.25) is 0 Å². The Kier molecular flexibility index (Phi) is 3.64. The Morgan fingerprint density at radius 1 is 1.56 bits per heavy atom. The highest BCUT2D eigenvalue weighted by Gasteiger charge is 2.53. The third kappa shape index (κ3) is 2.22. The molecule has 0 saturated heterocycles. The van der Waals surface area contributed by atoms with Gasteiger partial charge < -0.3 is 10.2 Å². The van der Waals surface area contributed by atoms with Gasteiger partial charge in [0, 0.05) is 6.26 Å². The number of carbonyl (C=O) groups is 1. The van der Waals surface area contributed by atoms with Gasteiger partial charge >= 0.3 is 5.97 Å². The molecule has 5 nitrogen and oxygen atoms in total. The molecule has 1 fully saturated rings. The Hall–Kier alpha value is -0.620. The molecular weight excluding hydrogens is 232 g/mol. The van der Waals surface area contributed by atoms with E-state index in [1.54, 1.807) is 6.92 Å². The van der Waals surface area contributed by atoms with Crippen LogP contribution in [-0.4, -0.2) is 41.7 Å². The molecule has 1 rings (SSSR count). The van der Waals surface area contributed by atoms with E-state index >= 15 is 0 Å². The number of sulfone groups is 1. The predicted molar refractivity (Wildman–Crippen MR) is 58.8 cm³/mol. The molecule has 0 amide bonds. The molecule has 3 unspecified atom stereocenters. The second kappa shape index (κ2) is 4.33. The molecule has 0 spiro atoms. The molecule has 2 N–H and O–H groups in total. The Morgan fingerprint density at radius 3 is 2.50 bits per heavy atom. The molecule has 16 heavy (non-hydrogen) atoms. The first-order valence-corrected chi connectivity index (χ1v) is 7.33. The zero-order valence-corrected chi connectivity index (χ0v) is 10.3. The van der Waals surface area contributed by atoms with Gasteiger partial charge in [0.2, 0.25) is 0 Å². The Morgan fingerprint density at radius 2 is 2.12 bits per heavy atom.